The molecule has 98 valence electrons. The van der Waals surface area contributed by atoms with Gasteiger partial charge in [-0.3, -0.25) is 20.2 Å². The molecule has 0 radical (unpaired) electrons. The van der Waals surface area contributed by atoms with E-state index in [1.807, 2.05) is 0 Å². The average molecular weight is 255 g/mol. The van der Waals surface area contributed by atoms with Crippen molar-refractivity contribution in [2.45, 2.75) is 6.92 Å². The molecule has 0 saturated carbocycles. The first-order chi connectivity index (χ1) is 8.47. The zero-order valence-corrected chi connectivity index (χ0v) is 10.0. The molecule has 0 amide bonds. The van der Waals surface area contributed by atoms with Crippen LogP contribution in [0.5, 0.6) is 0 Å². The van der Waals surface area contributed by atoms with E-state index < -0.39 is 9.85 Å². The monoisotopic (exact) mass is 255 g/mol. The second kappa shape index (κ2) is 5.92. The third-order valence-corrected chi connectivity index (χ3v) is 2.24. The SMILES string of the molecule is COCCNc1c([N+](=O)[O-])cc(C)cc1[N+](=O)[O-]. The van der Waals surface area contributed by atoms with Crippen LogP contribution in [0.25, 0.3) is 0 Å². The summed E-state index contributed by atoms with van der Waals surface area (Å²) in [5.41, 5.74) is -0.242. The highest BCUT2D eigenvalue weighted by molar-refractivity contribution is 5.74. The summed E-state index contributed by atoms with van der Waals surface area (Å²) >= 11 is 0. The molecule has 0 aromatic heterocycles. The third kappa shape index (κ3) is 3.14. The molecule has 18 heavy (non-hydrogen) atoms. The Morgan fingerprint density at radius 3 is 2.11 bits per heavy atom. The van der Waals surface area contributed by atoms with Crippen molar-refractivity contribution in [2.75, 3.05) is 25.6 Å². The third-order valence-electron chi connectivity index (χ3n) is 2.24. The van der Waals surface area contributed by atoms with Gasteiger partial charge in [0.05, 0.1) is 16.5 Å². The van der Waals surface area contributed by atoms with Crippen LogP contribution in [0.1, 0.15) is 5.56 Å². The van der Waals surface area contributed by atoms with Gasteiger partial charge in [0, 0.05) is 25.8 Å². The standard InChI is InChI=1S/C10H13N3O5/c1-7-5-8(12(14)15)10(11-3-4-18-2)9(6-7)13(16)17/h5-6,11H,3-4H2,1-2H3. The smallest absolute Gasteiger partial charge is 0.299 e. The molecule has 0 aliphatic heterocycles. The summed E-state index contributed by atoms with van der Waals surface area (Å²) in [4.78, 5) is 20.5. The maximum absolute atomic E-state index is 10.9. The summed E-state index contributed by atoms with van der Waals surface area (Å²) in [5.74, 6) is 0. The summed E-state index contributed by atoms with van der Waals surface area (Å²) < 4.78 is 4.79. The molecule has 8 nitrogen and oxygen atoms in total. The van der Waals surface area contributed by atoms with Gasteiger partial charge in [-0.15, -0.1) is 0 Å². The maximum Gasteiger partial charge on any atom is 0.299 e. The van der Waals surface area contributed by atoms with E-state index in [1.54, 1.807) is 6.92 Å². The largest absolute Gasteiger partial charge is 0.383 e. The number of aryl methyl sites for hydroxylation is 1. The topological polar surface area (TPSA) is 108 Å². The number of methoxy groups -OCH3 is 1. The van der Waals surface area contributed by atoms with Gasteiger partial charge in [-0.2, -0.15) is 0 Å². The lowest BCUT2D eigenvalue weighted by atomic mass is 10.1. The molecule has 0 saturated heterocycles. The number of rotatable bonds is 6. The minimum Gasteiger partial charge on any atom is -0.383 e. The number of nitrogens with zero attached hydrogens (tertiary/aromatic N) is 2. The van der Waals surface area contributed by atoms with Gasteiger partial charge in [-0.1, -0.05) is 0 Å². The van der Waals surface area contributed by atoms with E-state index in [1.165, 1.54) is 19.2 Å². The lowest BCUT2D eigenvalue weighted by Gasteiger charge is -2.08. The van der Waals surface area contributed by atoms with Crippen molar-refractivity contribution < 1.29 is 14.6 Å². The van der Waals surface area contributed by atoms with Crippen LogP contribution in [-0.4, -0.2) is 30.1 Å². The molecular formula is C10H13N3O5. The normalized spacial score (nSPS) is 10.1. The first-order valence-corrected chi connectivity index (χ1v) is 5.13. The molecule has 1 rings (SSSR count). The zero-order valence-electron chi connectivity index (χ0n) is 10.0. The minimum atomic E-state index is -0.644. The molecular weight excluding hydrogens is 242 g/mol. The quantitative estimate of drug-likeness (QED) is 0.472. The van der Waals surface area contributed by atoms with Crippen molar-refractivity contribution >= 4 is 17.1 Å². The van der Waals surface area contributed by atoms with Gasteiger partial charge >= 0.3 is 0 Å². The lowest BCUT2D eigenvalue weighted by molar-refractivity contribution is -0.392. The maximum atomic E-state index is 10.9. The predicted molar refractivity (Wildman–Crippen MR) is 64.9 cm³/mol. The number of hydrogen-bond donors (Lipinski definition) is 1. The lowest BCUT2D eigenvalue weighted by Crippen LogP contribution is -2.11. The molecule has 0 spiro atoms. The zero-order chi connectivity index (χ0) is 13.7. The Hall–Kier alpha value is -2.22. The predicted octanol–water partition coefficient (Wildman–Crippen LogP) is 1.87. The van der Waals surface area contributed by atoms with E-state index >= 15 is 0 Å². The molecule has 0 unspecified atom stereocenters. The molecule has 1 aromatic carbocycles. The van der Waals surface area contributed by atoms with Gasteiger partial charge in [0.1, 0.15) is 0 Å². The van der Waals surface area contributed by atoms with E-state index in [0.717, 1.165) is 0 Å². The molecule has 0 fully saturated rings. The molecule has 1 N–H and O–H groups in total. The number of nitro groups is 2. The summed E-state index contributed by atoms with van der Waals surface area (Å²) in [7, 11) is 1.47. The fraction of sp³-hybridized carbons (Fsp3) is 0.400. The van der Waals surface area contributed by atoms with Crippen LogP contribution >= 0.6 is 0 Å². The van der Waals surface area contributed by atoms with Gasteiger partial charge in [0.25, 0.3) is 11.4 Å². The minimum absolute atomic E-state index is 0.0901. The van der Waals surface area contributed by atoms with E-state index in [-0.39, 0.29) is 23.6 Å². The van der Waals surface area contributed by atoms with Crippen LogP contribution < -0.4 is 5.32 Å². The van der Waals surface area contributed by atoms with E-state index in [0.29, 0.717) is 12.2 Å². The molecule has 0 bridgehead atoms. The van der Waals surface area contributed by atoms with Gasteiger partial charge in [0.2, 0.25) is 0 Å². The fourth-order valence-electron chi connectivity index (χ4n) is 1.50. The molecule has 8 heteroatoms. The van der Waals surface area contributed by atoms with Gasteiger partial charge < -0.3 is 10.1 Å². The summed E-state index contributed by atoms with van der Waals surface area (Å²) in [6, 6.07) is 2.59. The molecule has 0 heterocycles. The first-order valence-electron chi connectivity index (χ1n) is 5.13. The number of nitro benzene ring substituents is 2. The van der Waals surface area contributed by atoms with Crippen molar-refractivity contribution in [1.82, 2.24) is 0 Å². The van der Waals surface area contributed by atoms with E-state index in [4.69, 9.17) is 4.74 Å². The number of nitrogens with one attached hydrogen (secondary N) is 1. The average Bonchev–Trinajstić information content (AvgIpc) is 2.30. The van der Waals surface area contributed by atoms with Crippen LogP contribution in [0.3, 0.4) is 0 Å². The number of benzene rings is 1. The van der Waals surface area contributed by atoms with Crippen LogP contribution in [0.15, 0.2) is 12.1 Å². The van der Waals surface area contributed by atoms with Crippen molar-refractivity contribution in [2.24, 2.45) is 0 Å². The Morgan fingerprint density at radius 2 is 1.72 bits per heavy atom. The summed E-state index contributed by atoms with van der Waals surface area (Å²) in [5, 5.41) is 24.5. The molecule has 0 atom stereocenters. The molecule has 0 aliphatic carbocycles. The van der Waals surface area contributed by atoms with Crippen LogP contribution in [0.4, 0.5) is 17.1 Å². The number of hydrogen-bond acceptors (Lipinski definition) is 6. The first kappa shape index (κ1) is 13.8. The van der Waals surface area contributed by atoms with Gasteiger partial charge in [-0.05, 0) is 12.5 Å². The fourth-order valence-corrected chi connectivity index (χ4v) is 1.50. The van der Waals surface area contributed by atoms with Crippen molar-refractivity contribution in [3.8, 4) is 0 Å². The Bertz CT molecular complexity index is 440. The highest BCUT2D eigenvalue weighted by Gasteiger charge is 2.25. The van der Waals surface area contributed by atoms with Crippen LogP contribution in [0.2, 0.25) is 0 Å². The summed E-state index contributed by atoms with van der Waals surface area (Å²) in [6.07, 6.45) is 0. The molecule has 0 aliphatic rings. The van der Waals surface area contributed by atoms with E-state index in [9.17, 15) is 20.2 Å². The van der Waals surface area contributed by atoms with Crippen LogP contribution in [-0.2, 0) is 4.74 Å². The number of anilines is 1. The summed E-state index contributed by atoms with van der Waals surface area (Å²) in [6.45, 7) is 2.11. The van der Waals surface area contributed by atoms with Crippen molar-refractivity contribution in [1.29, 1.82) is 0 Å². The van der Waals surface area contributed by atoms with Crippen LogP contribution in [0, 0.1) is 27.2 Å². The number of ether oxygens (including phenoxy) is 1. The van der Waals surface area contributed by atoms with E-state index in [2.05, 4.69) is 5.32 Å². The second-order valence-corrected chi connectivity index (χ2v) is 3.61. The molecule has 1 aromatic rings. The Morgan fingerprint density at radius 1 is 1.22 bits per heavy atom. The van der Waals surface area contributed by atoms with Crippen molar-refractivity contribution in [3.05, 3.63) is 37.9 Å². The van der Waals surface area contributed by atoms with Gasteiger partial charge in [0.15, 0.2) is 5.69 Å². The highest BCUT2D eigenvalue weighted by atomic mass is 16.6. The Kier molecular flexibility index (Phi) is 4.55. The van der Waals surface area contributed by atoms with Crippen molar-refractivity contribution in [3.63, 3.8) is 0 Å². The highest BCUT2D eigenvalue weighted by Crippen LogP contribution is 2.35. The second-order valence-electron chi connectivity index (χ2n) is 3.61. The van der Waals surface area contributed by atoms with Gasteiger partial charge in [-0.25, -0.2) is 0 Å². The Balaban J connectivity index is 3.23. The Labute approximate surface area is 103 Å².